The van der Waals surface area contributed by atoms with Crippen LogP contribution in [0.5, 0.6) is 0 Å². The van der Waals surface area contributed by atoms with Crippen LogP contribution >= 0.6 is 0 Å². The molecule has 39 heavy (non-hydrogen) atoms. The molecule has 0 spiro atoms. The lowest BCUT2D eigenvalue weighted by Gasteiger charge is -2.34. The summed E-state index contributed by atoms with van der Waals surface area (Å²) in [5.41, 5.74) is 4.12. The topological polar surface area (TPSA) is 86.8 Å². The Morgan fingerprint density at radius 1 is 0.872 bits per heavy atom. The molecule has 2 atom stereocenters. The minimum atomic E-state index is -3.78. The average molecular weight is 550 g/mol. The molecule has 0 unspecified atom stereocenters. The molecule has 3 aromatic carbocycles. The highest BCUT2D eigenvalue weighted by molar-refractivity contribution is 7.92. The Bertz CT molecular complexity index is 1360. The van der Waals surface area contributed by atoms with E-state index in [0.717, 1.165) is 39.2 Å². The predicted octanol–water partition coefficient (Wildman–Crippen LogP) is 4.62. The van der Waals surface area contributed by atoms with E-state index in [1.54, 1.807) is 18.2 Å². The number of hydrogen-bond acceptors (Lipinski definition) is 4. The fourth-order valence-corrected chi connectivity index (χ4v) is 5.12. The van der Waals surface area contributed by atoms with E-state index in [1.165, 1.54) is 4.90 Å². The Kier molecular flexibility index (Phi) is 10.3. The summed E-state index contributed by atoms with van der Waals surface area (Å²) >= 11 is 0. The molecule has 3 aromatic rings. The van der Waals surface area contributed by atoms with Crippen LogP contribution < -0.4 is 9.62 Å². The van der Waals surface area contributed by atoms with E-state index in [0.29, 0.717) is 12.1 Å². The maximum Gasteiger partial charge on any atom is 0.244 e. The number of benzene rings is 3. The van der Waals surface area contributed by atoms with Gasteiger partial charge in [-0.25, -0.2) is 8.42 Å². The van der Waals surface area contributed by atoms with Crippen molar-refractivity contribution in [2.45, 2.75) is 59.2 Å². The molecule has 0 aliphatic heterocycles. The molecule has 0 fully saturated rings. The summed E-state index contributed by atoms with van der Waals surface area (Å²) in [5.74, 6) is -0.724. The van der Waals surface area contributed by atoms with Gasteiger partial charge in [0.1, 0.15) is 12.6 Å². The van der Waals surface area contributed by atoms with Crippen LogP contribution in [0, 0.1) is 13.8 Å². The molecule has 0 aliphatic carbocycles. The van der Waals surface area contributed by atoms with Gasteiger partial charge in [-0.05, 0) is 56.0 Å². The second kappa shape index (κ2) is 13.4. The van der Waals surface area contributed by atoms with Crippen molar-refractivity contribution in [2.75, 3.05) is 17.1 Å². The van der Waals surface area contributed by atoms with Gasteiger partial charge in [-0.2, -0.15) is 0 Å². The summed E-state index contributed by atoms with van der Waals surface area (Å²) in [6.07, 6.45) is 2.12. The monoisotopic (exact) mass is 549 g/mol. The second-order valence-electron chi connectivity index (χ2n) is 10.1. The van der Waals surface area contributed by atoms with Crippen molar-refractivity contribution in [3.8, 4) is 0 Å². The lowest BCUT2D eigenvalue weighted by Crippen LogP contribution is -2.54. The third kappa shape index (κ3) is 8.68. The third-order valence-electron chi connectivity index (χ3n) is 6.71. The first-order valence-corrected chi connectivity index (χ1v) is 15.1. The summed E-state index contributed by atoms with van der Waals surface area (Å²) in [4.78, 5) is 29.2. The Labute approximate surface area is 232 Å². The van der Waals surface area contributed by atoms with Crippen LogP contribution in [0.3, 0.4) is 0 Å². The summed E-state index contributed by atoms with van der Waals surface area (Å²) in [7, 11) is -3.78. The van der Waals surface area contributed by atoms with E-state index in [-0.39, 0.29) is 18.5 Å². The molecule has 0 bridgehead atoms. The molecule has 8 heteroatoms. The molecule has 0 saturated heterocycles. The molecule has 0 radical (unpaired) electrons. The van der Waals surface area contributed by atoms with E-state index in [1.807, 2.05) is 88.4 Å². The fraction of sp³-hybridized carbons (Fsp3) is 0.355. The molecule has 3 rings (SSSR count). The summed E-state index contributed by atoms with van der Waals surface area (Å²) in [6.45, 7) is 7.50. The number of amides is 2. The summed E-state index contributed by atoms with van der Waals surface area (Å²) < 4.78 is 26.8. The first kappa shape index (κ1) is 29.9. The van der Waals surface area contributed by atoms with Crippen molar-refractivity contribution in [1.29, 1.82) is 0 Å². The normalized spacial score (nSPS) is 12.8. The maximum absolute atomic E-state index is 14.1. The van der Waals surface area contributed by atoms with Crippen molar-refractivity contribution >= 4 is 27.5 Å². The SMILES string of the molecule is CC[C@H](C)NC(=O)[C@H](Cc1ccccc1)N(Cc1ccc(C)cc1)C(=O)CN(c1cccc(C)c1)S(C)(=O)=O. The van der Waals surface area contributed by atoms with Crippen molar-refractivity contribution in [3.05, 3.63) is 101 Å². The lowest BCUT2D eigenvalue weighted by molar-refractivity contribution is -0.140. The lowest BCUT2D eigenvalue weighted by atomic mass is 10.0. The number of aryl methyl sites for hydroxylation is 2. The Morgan fingerprint density at radius 3 is 2.13 bits per heavy atom. The summed E-state index contributed by atoms with van der Waals surface area (Å²) in [6, 6.07) is 23.4. The second-order valence-corrected chi connectivity index (χ2v) is 12.0. The van der Waals surface area contributed by atoms with Crippen molar-refractivity contribution < 1.29 is 18.0 Å². The van der Waals surface area contributed by atoms with Crippen LogP contribution in [0.2, 0.25) is 0 Å². The van der Waals surface area contributed by atoms with E-state index in [4.69, 9.17) is 0 Å². The number of nitrogens with zero attached hydrogens (tertiary/aromatic N) is 2. The number of carbonyl (C=O) groups excluding carboxylic acids is 2. The highest BCUT2D eigenvalue weighted by atomic mass is 32.2. The molecule has 2 amide bonds. The van der Waals surface area contributed by atoms with Gasteiger partial charge in [0.2, 0.25) is 21.8 Å². The standard InChI is InChI=1S/C31H39N3O4S/c1-6-25(4)32-31(36)29(20-26-12-8-7-9-13-26)33(21-27-17-15-23(2)16-18-27)30(35)22-34(39(5,37)38)28-14-10-11-24(3)19-28/h7-19,25,29H,6,20-22H2,1-5H3,(H,32,36)/t25-,29-/m0/s1. The van der Waals surface area contributed by atoms with Gasteiger partial charge in [0.05, 0.1) is 11.9 Å². The molecule has 7 nitrogen and oxygen atoms in total. The minimum Gasteiger partial charge on any atom is -0.352 e. The van der Waals surface area contributed by atoms with Crippen molar-refractivity contribution in [1.82, 2.24) is 10.2 Å². The van der Waals surface area contributed by atoms with Crippen molar-refractivity contribution in [3.63, 3.8) is 0 Å². The van der Waals surface area contributed by atoms with Gasteiger partial charge >= 0.3 is 0 Å². The number of hydrogen-bond donors (Lipinski definition) is 1. The number of anilines is 1. The number of sulfonamides is 1. The molecular formula is C31H39N3O4S. The first-order chi connectivity index (χ1) is 18.5. The molecule has 0 heterocycles. The van der Waals surface area contributed by atoms with Crippen molar-refractivity contribution in [2.24, 2.45) is 0 Å². The molecule has 0 aliphatic rings. The third-order valence-corrected chi connectivity index (χ3v) is 7.86. The van der Waals surface area contributed by atoms with Gasteiger partial charge < -0.3 is 10.2 Å². The first-order valence-electron chi connectivity index (χ1n) is 13.2. The van der Waals surface area contributed by atoms with E-state index >= 15 is 0 Å². The van der Waals surface area contributed by atoms with Crippen LogP contribution in [0.25, 0.3) is 0 Å². The Morgan fingerprint density at radius 2 is 1.54 bits per heavy atom. The highest BCUT2D eigenvalue weighted by Crippen LogP contribution is 2.21. The number of nitrogens with one attached hydrogen (secondary N) is 1. The fourth-order valence-electron chi connectivity index (χ4n) is 4.28. The quantitative estimate of drug-likeness (QED) is 0.357. The largest absolute Gasteiger partial charge is 0.352 e. The Balaban J connectivity index is 2.05. The zero-order valence-electron chi connectivity index (χ0n) is 23.4. The van der Waals surface area contributed by atoms with Gasteiger partial charge in [-0.1, -0.05) is 79.2 Å². The maximum atomic E-state index is 14.1. The zero-order valence-corrected chi connectivity index (χ0v) is 24.2. The average Bonchev–Trinajstić information content (AvgIpc) is 2.90. The van der Waals surface area contributed by atoms with Gasteiger partial charge in [-0.15, -0.1) is 0 Å². The van der Waals surface area contributed by atoms with Crippen LogP contribution in [-0.2, 0) is 32.6 Å². The van der Waals surface area contributed by atoms with Gasteiger partial charge in [0, 0.05) is 19.0 Å². The zero-order chi connectivity index (χ0) is 28.6. The van der Waals surface area contributed by atoms with Crippen LogP contribution in [0.15, 0.2) is 78.9 Å². The van der Waals surface area contributed by atoms with Crippen LogP contribution in [0.1, 0.15) is 42.5 Å². The molecule has 0 saturated carbocycles. The highest BCUT2D eigenvalue weighted by Gasteiger charge is 2.33. The van der Waals surface area contributed by atoms with Gasteiger partial charge in [0.25, 0.3) is 0 Å². The summed E-state index contributed by atoms with van der Waals surface area (Å²) in [5, 5.41) is 3.04. The predicted molar refractivity (Wildman–Crippen MR) is 157 cm³/mol. The molecular weight excluding hydrogens is 510 g/mol. The van der Waals surface area contributed by atoms with E-state index in [9.17, 15) is 18.0 Å². The van der Waals surface area contributed by atoms with Crippen LogP contribution in [0.4, 0.5) is 5.69 Å². The smallest absolute Gasteiger partial charge is 0.244 e. The van der Waals surface area contributed by atoms with Gasteiger partial charge in [0.15, 0.2) is 0 Å². The van der Waals surface area contributed by atoms with Gasteiger partial charge in [-0.3, -0.25) is 13.9 Å². The molecule has 208 valence electrons. The number of rotatable bonds is 12. The molecule has 1 N–H and O–H groups in total. The van der Waals surface area contributed by atoms with E-state index < -0.39 is 28.5 Å². The van der Waals surface area contributed by atoms with Crippen LogP contribution in [-0.4, -0.2) is 50.0 Å². The molecule has 0 aromatic heterocycles. The Hall–Kier alpha value is -3.65. The minimum absolute atomic E-state index is 0.0769. The van der Waals surface area contributed by atoms with E-state index in [2.05, 4.69) is 5.32 Å². The number of carbonyl (C=O) groups is 2.